The van der Waals surface area contributed by atoms with E-state index in [9.17, 15) is 9.59 Å². The van der Waals surface area contributed by atoms with E-state index in [2.05, 4.69) is 23.1 Å². The number of para-hydroxylation sites is 1. The average Bonchev–Trinajstić information content (AvgIpc) is 2.82. The first-order valence-corrected chi connectivity index (χ1v) is 9.97. The number of benzene rings is 3. The van der Waals surface area contributed by atoms with Gasteiger partial charge in [-0.15, -0.1) is 0 Å². The predicted molar refractivity (Wildman–Crippen MR) is 123 cm³/mol. The molecule has 7 heteroatoms. The number of ether oxygens (including phenoxy) is 1. The first-order valence-electron chi connectivity index (χ1n) is 9.57. The summed E-state index contributed by atoms with van der Waals surface area (Å²) >= 11 is 4.24. The minimum atomic E-state index is -0.691. The summed E-state index contributed by atoms with van der Waals surface area (Å²) in [4.78, 5) is 29.3. The number of hydrogen-bond acceptors (Lipinski definition) is 5. The van der Waals surface area contributed by atoms with E-state index in [-0.39, 0.29) is 5.69 Å². The Morgan fingerprint density at radius 3 is 2.52 bits per heavy atom. The van der Waals surface area contributed by atoms with Crippen LogP contribution < -0.4 is 14.4 Å². The highest BCUT2D eigenvalue weighted by Crippen LogP contribution is 2.23. The van der Waals surface area contributed by atoms with Gasteiger partial charge in [-0.1, -0.05) is 73.5 Å². The van der Waals surface area contributed by atoms with Crippen LogP contribution in [0.5, 0.6) is 5.75 Å². The molecule has 3 amide bonds. The van der Waals surface area contributed by atoms with Gasteiger partial charge < -0.3 is 4.74 Å². The lowest BCUT2D eigenvalue weighted by Crippen LogP contribution is -2.38. The number of rotatable bonds is 5. The average molecular weight is 430 g/mol. The van der Waals surface area contributed by atoms with Crippen LogP contribution in [-0.2, 0) is 6.61 Å². The Morgan fingerprint density at radius 2 is 1.68 bits per heavy atom. The van der Waals surface area contributed by atoms with Crippen LogP contribution in [-0.4, -0.2) is 16.9 Å². The SMILES string of the molecule is O=C(NC(=O)N(S)c1cccc(OCc2ccccc2)c1)c1ccc2ccccc2n1. The maximum absolute atomic E-state index is 12.5. The molecule has 0 saturated carbocycles. The Bertz CT molecular complexity index is 1230. The van der Waals surface area contributed by atoms with Crippen LogP contribution in [0.15, 0.2) is 91.0 Å². The van der Waals surface area contributed by atoms with Crippen molar-refractivity contribution >= 4 is 41.3 Å². The summed E-state index contributed by atoms with van der Waals surface area (Å²) in [5.74, 6) is -0.0259. The fraction of sp³-hybridized carbons (Fsp3) is 0.0417. The number of carbonyl (C=O) groups is 2. The largest absolute Gasteiger partial charge is 0.489 e. The standard InChI is InChI=1S/C24H19N3O3S/c28-23(22-14-13-18-9-4-5-12-21(18)25-22)26-24(29)27(31)19-10-6-11-20(15-19)30-16-17-7-2-1-3-8-17/h1-15,31H,16H2,(H,26,28,29). The molecule has 0 aliphatic rings. The summed E-state index contributed by atoms with van der Waals surface area (Å²) in [6.45, 7) is 0.398. The van der Waals surface area contributed by atoms with Crippen LogP contribution in [0.1, 0.15) is 16.1 Å². The third-order valence-electron chi connectivity index (χ3n) is 4.55. The van der Waals surface area contributed by atoms with E-state index in [1.54, 1.807) is 42.5 Å². The first kappa shape index (κ1) is 20.4. The number of nitrogens with one attached hydrogen (secondary N) is 1. The maximum Gasteiger partial charge on any atom is 0.338 e. The first-order chi connectivity index (χ1) is 15.1. The van der Waals surface area contributed by atoms with Crippen molar-refractivity contribution in [2.75, 3.05) is 4.31 Å². The molecule has 0 spiro atoms. The Kier molecular flexibility index (Phi) is 6.14. The van der Waals surface area contributed by atoms with Crippen LogP contribution >= 0.6 is 12.8 Å². The molecule has 0 saturated heterocycles. The molecule has 1 N–H and O–H groups in total. The molecule has 6 nitrogen and oxygen atoms in total. The van der Waals surface area contributed by atoms with Gasteiger partial charge in [-0.25, -0.2) is 14.1 Å². The third-order valence-corrected chi connectivity index (χ3v) is 4.97. The molecule has 0 aliphatic heterocycles. The highest BCUT2D eigenvalue weighted by molar-refractivity contribution is 7.82. The number of imide groups is 1. The molecule has 0 bridgehead atoms. The predicted octanol–water partition coefficient (Wildman–Crippen LogP) is 5.02. The van der Waals surface area contributed by atoms with E-state index in [0.29, 0.717) is 23.6 Å². The van der Waals surface area contributed by atoms with E-state index in [1.165, 1.54) is 0 Å². The summed E-state index contributed by atoms with van der Waals surface area (Å²) in [5, 5.41) is 3.22. The molecule has 0 fully saturated rings. The fourth-order valence-corrected chi connectivity index (χ4v) is 3.14. The number of urea groups is 1. The van der Waals surface area contributed by atoms with Crippen LogP contribution in [0.4, 0.5) is 10.5 Å². The molecule has 1 heterocycles. The highest BCUT2D eigenvalue weighted by atomic mass is 32.1. The normalized spacial score (nSPS) is 10.5. The molecule has 1 aromatic heterocycles. The monoisotopic (exact) mass is 429 g/mol. The Hall–Kier alpha value is -3.84. The molecule has 154 valence electrons. The van der Waals surface area contributed by atoms with Gasteiger partial charge in [-0.05, 0) is 29.8 Å². The van der Waals surface area contributed by atoms with Gasteiger partial charge in [-0.2, -0.15) is 0 Å². The molecule has 4 aromatic rings. The molecule has 4 rings (SSSR count). The van der Waals surface area contributed by atoms with Crippen molar-refractivity contribution in [1.29, 1.82) is 0 Å². The zero-order chi connectivity index (χ0) is 21.6. The lowest BCUT2D eigenvalue weighted by molar-refractivity contribution is 0.0962. The second-order valence-corrected chi connectivity index (χ2v) is 7.13. The van der Waals surface area contributed by atoms with Crippen LogP contribution in [0.25, 0.3) is 10.9 Å². The Balaban J connectivity index is 1.41. The fourth-order valence-electron chi connectivity index (χ4n) is 2.97. The number of aromatic nitrogens is 1. The number of fused-ring (bicyclic) bond motifs is 1. The highest BCUT2D eigenvalue weighted by Gasteiger charge is 2.18. The molecule has 0 unspecified atom stereocenters. The van der Waals surface area contributed by atoms with Crippen LogP contribution in [0.3, 0.4) is 0 Å². The minimum absolute atomic E-state index is 0.147. The second-order valence-electron chi connectivity index (χ2n) is 6.73. The molecule has 0 radical (unpaired) electrons. The van der Waals surface area contributed by atoms with Crippen molar-refractivity contribution in [3.63, 3.8) is 0 Å². The second kappa shape index (κ2) is 9.32. The van der Waals surface area contributed by atoms with Gasteiger partial charge in [-0.3, -0.25) is 10.1 Å². The molecular weight excluding hydrogens is 410 g/mol. The number of anilines is 1. The summed E-state index contributed by atoms with van der Waals surface area (Å²) in [6.07, 6.45) is 0. The Morgan fingerprint density at radius 1 is 0.903 bits per heavy atom. The quantitative estimate of drug-likeness (QED) is 0.437. The number of thiol groups is 1. The third kappa shape index (κ3) is 5.02. The molecular formula is C24H19N3O3S. The topological polar surface area (TPSA) is 71.5 Å². The van der Waals surface area contributed by atoms with Crippen molar-refractivity contribution < 1.29 is 14.3 Å². The van der Waals surface area contributed by atoms with Crippen molar-refractivity contribution in [3.8, 4) is 5.75 Å². The van der Waals surface area contributed by atoms with Gasteiger partial charge in [0, 0.05) is 11.5 Å². The van der Waals surface area contributed by atoms with Crippen LogP contribution in [0, 0.1) is 0 Å². The van der Waals surface area contributed by atoms with Gasteiger partial charge in [0.05, 0.1) is 11.2 Å². The zero-order valence-electron chi connectivity index (χ0n) is 16.4. The van der Waals surface area contributed by atoms with Gasteiger partial charge in [0.1, 0.15) is 18.1 Å². The van der Waals surface area contributed by atoms with Gasteiger partial charge in [0.25, 0.3) is 5.91 Å². The maximum atomic E-state index is 12.5. The van der Waals surface area contributed by atoms with E-state index < -0.39 is 11.9 Å². The molecule has 0 aliphatic carbocycles. The number of nitrogens with zero attached hydrogens (tertiary/aromatic N) is 2. The van der Waals surface area contributed by atoms with Crippen molar-refractivity contribution in [3.05, 3.63) is 102 Å². The van der Waals surface area contributed by atoms with Crippen molar-refractivity contribution in [2.24, 2.45) is 0 Å². The van der Waals surface area contributed by atoms with E-state index in [4.69, 9.17) is 4.74 Å². The Labute approximate surface area is 185 Å². The summed E-state index contributed by atoms with van der Waals surface area (Å²) < 4.78 is 6.83. The number of carbonyl (C=O) groups excluding carboxylic acids is 2. The van der Waals surface area contributed by atoms with Crippen molar-refractivity contribution in [2.45, 2.75) is 6.61 Å². The molecule has 31 heavy (non-hydrogen) atoms. The van der Waals surface area contributed by atoms with E-state index in [1.807, 2.05) is 48.5 Å². The smallest absolute Gasteiger partial charge is 0.338 e. The lowest BCUT2D eigenvalue weighted by atomic mass is 10.2. The summed E-state index contributed by atoms with van der Waals surface area (Å²) in [7, 11) is 0. The number of pyridine rings is 1. The minimum Gasteiger partial charge on any atom is -0.489 e. The zero-order valence-corrected chi connectivity index (χ0v) is 17.3. The number of hydrogen-bond donors (Lipinski definition) is 2. The lowest BCUT2D eigenvalue weighted by Gasteiger charge is -2.17. The summed E-state index contributed by atoms with van der Waals surface area (Å²) in [5.41, 5.74) is 2.31. The molecule has 3 aromatic carbocycles. The van der Waals surface area contributed by atoms with Gasteiger partial charge in [0.15, 0.2) is 0 Å². The van der Waals surface area contributed by atoms with E-state index >= 15 is 0 Å². The summed E-state index contributed by atoms with van der Waals surface area (Å²) in [6, 6.07) is 26.8. The van der Waals surface area contributed by atoms with E-state index in [0.717, 1.165) is 15.3 Å². The van der Waals surface area contributed by atoms with Crippen LogP contribution in [0.2, 0.25) is 0 Å². The van der Waals surface area contributed by atoms with Gasteiger partial charge >= 0.3 is 6.03 Å². The molecule has 0 atom stereocenters. The van der Waals surface area contributed by atoms with Crippen molar-refractivity contribution in [1.82, 2.24) is 10.3 Å². The number of amides is 3. The van der Waals surface area contributed by atoms with Gasteiger partial charge in [0.2, 0.25) is 0 Å².